The Bertz CT molecular complexity index is 932. The number of rotatable bonds is 3. The van der Waals surface area contributed by atoms with Crippen LogP contribution in [-0.2, 0) is 11.2 Å². The summed E-state index contributed by atoms with van der Waals surface area (Å²) >= 11 is 0. The molecular weight excluding hydrogens is 443 g/mol. The number of ketones is 1. The molecule has 2 aromatic rings. The molecule has 0 spiro atoms. The van der Waals surface area contributed by atoms with Crippen LogP contribution in [0, 0.1) is 18.7 Å². The summed E-state index contributed by atoms with van der Waals surface area (Å²) in [6, 6.07) is 13.1. The second-order valence-corrected chi connectivity index (χ2v) is 8.88. The molecule has 0 bridgehead atoms. The number of carbonyl (C=O) groups is 1. The van der Waals surface area contributed by atoms with Crippen LogP contribution in [0.1, 0.15) is 92.7 Å². The fourth-order valence-corrected chi connectivity index (χ4v) is 3.13. The molecule has 0 saturated heterocycles. The molecule has 1 atom stereocenters. The highest BCUT2D eigenvalue weighted by Gasteiger charge is 2.05. The minimum Gasteiger partial charge on any atom is -0.295 e. The molecule has 1 unspecified atom stereocenters. The van der Waals surface area contributed by atoms with E-state index in [1.165, 1.54) is 48.1 Å². The Morgan fingerprint density at radius 2 is 1.61 bits per heavy atom. The maximum absolute atomic E-state index is 12.8. The second-order valence-electron chi connectivity index (χ2n) is 8.88. The third-order valence-corrected chi connectivity index (χ3v) is 5.75. The molecule has 0 fully saturated rings. The largest absolute Gasteiger partial charge is 0.295 e. The van der Waals surface area contributed by atoms with Crippen LogP contribution in [0.25, 0.3) is 11.1 Å². The first-order valence-electron chi connectivity index (χ1n) is 13.3. The van der Waals surface area contributed by atoms with E-state index >= 15 is 0 Å². The molecule has 200 valence electrons. The van der Waals surface area contributed by atoms with Crippen molar-refractivity contribution in [1.82, 2.24) is 0 Å². The van der Waals surface area contributed by atoms with E-state index in [-0.39, 0.29) is 11.6 Å². The van der Waals surface area contributed by atoms with Crippen molar-refractivity contribution in [2.45, 2.75) is 94.9 Å². The number of benzene rings is 2. The van der Waals surface area contributed by atoms with Gasteiger partial charge in [-0.3, -0.25) is 4.79 Å². The SMILES string of the molecule is C/C=C(\C)C(C)=O.C=CC.CC.CC1=CCC(C)CC1.CCc1ccc(C)c(-c2ccc(F)cc2)c1. The molecule has 0 aliphatic heterocycles. The van der Waals surface area contributed by atoms with Crippen LogP contribution in [0.3, 0.4) is 0 Å². The molecule has 0 saturated carbocycles. The summed E-state index contributed by atoms with van der Waals surface area (Å²) in [5, 5.41) is 0. The van der Waals surface area contributed by atoms with Gasteiger partial charge in [-0.15, -0.1) is 6.58 Å². The van der Waals surface area contributed by atoms with Gasteiger partial charge in [0.25, 0.3) is 0 Å². The van der Waals surface area contributed by atoms with E-state index < -0.39 is 0 Å². The molecule has 1 aliphatic rings. The van der Waals surface area contributed by atoms with Gasteiger partial charge in [-0.05, 0) is 113 Å². The Morgan fingerprint density at radius 3 is 1.97 bits per heavy atom. The first-order valence-corrected chi connectivity index (χ1v) is 13.3. The van der Waals surface area contributed by atoms with Gasteiger partial charge in [0, 0.05) is 0 Å². The second kappa shape index (κ2) is 21.5. The van der Waals surface area contributed by atoms with Crippen molar-refractivity contribution >= 4 is 5.78 Å². The predicted molar refractivity (Wildman–Crippen MR) is 160 cm³/mol. The molecule has 0 N–H and O–H groups in total. The van der Waals surface area contributed by atoms with Crippen molar-refractivity contribution in [3.63, 3.8) is 0 Å². The van der Waals surface area contributed by atoms with Crippen LogP contribution >= 0.6 is 0 Å². The molecule has 0 amide bonds. The number of hydrogen-bond acceptors (Lipinski definition) is 1. The normalized spacial score (nSPS) is 14.0. The van der Waals surface area contributed by atoms with Gasteiger partial charge in [0.2, 0.25) is 0 Å². The van der Waals surface area contributed by atoms with Gasteiger partial charge in [-0.1, -0.05) is 81.8 Å². The minimum absolute atomic E-state index is 0.155. The quantitative estimate of drug-likeness (QED) is 0.306. The number of aryl methyl sites for hydroxylation is 2. The lowest BCUT2D eigenvalue weighted by Crippen LogP contribution is -1.98. The first kappa shape index (κ1) is 35.4. The van der Waals surface area contributed by atoms with E-state index in [1.54, 1.807) is 18.6 Å². The average molecular weight is 495 g/mol. The molecule has 1 nitrogen and oxygen atoms in total. The number of halogens is 1. The monoisotopic (exact) mass is 494 g/mol. The maximum atomic E-state index is 12.8. The van der Waals surface area contributed by atoms with Crippen molar-refractivity contribution in [1.29, 1.82) is 0 Å². The van der Waals surface area contributed by atoms with Crippen molar-refractivity contribution < 1.29 is 9.18 Å². The molecule has 36 heavy (non-hydrogen) atoms. The zero-order chi connectivity index (χ0) is 28.1. The number of Topliss-reactive ketones (excluding diaryl/α,β-unsaturated/α-hetero) is 1. The van der Waals surface area contributed by atoms with Gasteiger partial charge < -0.3 is 0 Å². The van der Waals surface area contributed by atoms with Crippen LogP contribution < -0.4 is 0 Å². The summed E-state index contributed by atoms with van der Waals surface area (Å²) in [7, 11) is 0. The highest BCUT2D eigenvalue weighted by atomic mass is 19.1. The van der Waals surface area contributed by atoms with Crippen LogP contribution in [0.15, 0.2) is 78.4 Å². The van der Waals surface area contributed by atoms with Crippen LogP contribution in [0.5, 0.6) is 0 Å². The summed E-state index contributed by atoms with van der Waals surface area (Å²) in [5.74, 6) is 0.911. The molecule has 2 aromatic carbocycles. The first-order chi connectivity index (χ1) is 17.1. The Hall–Kier alpha value is -2.74. The molecule has 3 rings (SSSR count). The Balaban J connectivity index is 0. The summed E-state index contributed by atoms with van der Waals surface area (Å²) in [6.45, 7) is 23.3. The molecule has 0 heterocycles. The summed E-state index contributed by atoms with van der Waals surface area (Å²) < 4.78 is 12.8. The molecule has 2 heteroatoms. The van der Waals surface area contributed by atoms with Crippen molar-refractivity contribution in [2.75, 3.05) is 0 Å². The lowest BCUT2D eigenvalue weighted by Gasteiger charge is -2.14. The maximum Gasteiger partial charge on any atom is 0.155 e. The van der Waals surface area contributed by atoms with Gasteiger partial charge in [0.15, 0.2) is 5.78 Å². The van der Waals surface area contributed by atoms with E-state index in [0.29, 0.717) is 0 Å². The average Bonchev–Trinajstić information content (AvgIpc) is 2.88. The van der Waals surface area contributed by atoms with Gasteiger partial charge in [0.05, 0.1) is 0 Å². The minimum atomic E-state index is -0.187. The van der Waals surface area contributed by atoms with Crippen LogP contribution in [0.4, 0.5) is 4.39 Å². The van der Waals surface area contributed by atoms with Crippen molar-refractivity contribution in [2.24, 2.45) is 5.92 Å². The zero-order valence-corrected chi connectivity index (χ0v) is 24.7. The fraction of sp³-hybridized carbons (Fsp3) is 0.441. The lowest BCUT2D eigenvalue weighted by molar-refractivity contribution is -0.113. The Labute approximate surface area is 222 Å². The number of hydrogen-bond donors (Lipinski definition) is 0. The smallest absolute Gasteiger partial charge is 0.155 e. The van der Waals surface area contributed by atoms with Crippen molar-refractivity contribution in [3.05, 3.63) is 95.4 Å². The predicted octanol–water partition coefficient (Wildman–Crippen LogP) is 10.9. The van der Waals surface area contributed by atoms with Gasteiger partial charge in [-0.2, -0.15) is 0 Å². The molecular formula is C34H51FO. The van der Waals surface area contributed by atoms with Crippen LogP contribution in [-0.4, -0.2) is 5.78 Å². The van der Waals surface area contributed by atoms with Gasteiger partial charge in [0.1, 0.15) is 5.82 Å². The summed E-state index contributed by atoms with van der Waals surface area (Å²) in [5.41, 5.74) is 7.23. The van der Waals surface area contributed by atoms with E-state index in [9.17, 15) is 9.18 Å². The lowest BCUT2D eigenvalue weighted by atomic mass is 9.92. The zero-order valence-electron chi connectivity index (χ0n) is 24.7. The Kier molecular flexibility index (Phi) is 21.2. The molecule has 0 radical (unpaired) electrons. The third kappa shape index (κ3) is 16.0. The van der Waals surface area contributed by atoms with E-state index in [4.69, 9.17) is 0 Å². The molecule has 1 aliphatic carbocycles. The van der Waals surface area contributed by atoms with Crippen molar-refractivity contribution in [3.8, 4) is 11.1 Å². The fourth-order valence-electron chi connectivity index (χ4n) is 3.13. The highest BCUT2D eigenvalue weighted by Crippen LogP contribution is 2.25. The van der Waals surface area contributed by atoms with Gasteiger partial charge in [-0.25, -0.2) is 4.39 Å². The molecule has 0 aromatic heterocycles. The Morgan fingerprint density at radius 1 is 1.06 bits per heavy atom. The van der Waals surface area contributed by atoms with Gasteiger partial charge >= 0.3 is 0 Å². The topological polar surface area (TPSA) is 17.1 Å². The highest BCUT2D eigenvalue weighted by molar-refractivity contribution is 5.92. The number of allylic oxidation sites excluding steroid dienone is 5. The number of carbonyl (C=O) groups excluding carboxylic acids is 1. The van der Waals surface area contributed by atoms with E-state index in [2.05, 4.69) is 58.5 Å². The standard InChI is InChI=1S/C15H15F.C8H14.C6H10O.C3H6.C2H6/c1-3-12-5-4-11(2)15(10-12)13-6-8-14(16)9-7-13;1-7-3-5-8(2)6-4-7;1-4-5(2)6(3)7;1-3-2;1-2/h4-10H,3H2,1-2H3;3,8H,4-6H2,1-2H3;4H,1-3H3;3H,1H2,2H3;1-2H3/b;;5-4+;;. The summed E-state index contributed by atoms with van der Waals surface area (Å²) in [4.78, 5) is 10.3. The third-order valence-electron chi connectivity index (χ3n) is 5.75. The van der Waals surface area contributed by atoms with E-state index in [1.807, 2.05) is 52.8 Å². The summed E-state index contributed by atoms with van der Waals surface area (Å²) in [6.07, 6.45) is 11.0. The van der Waals surface area contributed by atoms with E-state index in [0.717, 1.165) is 23.5 Å². The van der Waals surface area contributed by atoms with Crippen LogP contribution in [0.2, 0.25) is 0 Å².